The molecule has 0 radical (unpaired) electrons. The number of aromatic nitrogens is 1. The molecule has 0 bridgehead atoms. The van der Waals surface area contributed by atoms with E-state index in [-0.39, 0.29) is 12.5 Å². The van der Waals surface area contributed by atoms with E-state index >= 15 is 0 Å². The van der Waals surface area contributed by atoms with E-state index in [0.717, 1.165) is 16.0 Å². The van der Waals surface area contributed by atoms with Crippen LogP contribution in [0, 0.1) is 13.8 Å². The summed E-state index contributed by atoms with van der Waals surface area (Å²) in [6.45, 7) is 4.02. The second-order valence-electron chi connectivity index (χ2n) is 7.57. The summed E-state index contributed by atoms with van der Waals surface area (Å²) in [6.07, 6.45) is 0. The van der Waals surface area contributed by atoms with Gasteiger partial charge < -0.3 is 4.42 Å². The Kier molecular flexibility index (Phi) is 4.59. The second-order valence-corrected chi connectivity index (χ2v) is 8.01. The van der Waals surface area contributed by atoms with Crippen molar-refractivity contribution in [3.05, 3.63) is 70.6 Å². The molecular formula is C22H18ClN5O3. The third-order valence-corrected chi connectivity index (χ3v) is 5.66. The van der Waals surface area contributed by atoms with Crippen LogP contribution in [0.3, 0.4) is 0 Å². The molecule has 0 aliphatic carbocycles. The molecule has 1 saturated heterocycles. The summed E-state index contributed by atoms with van der Waals surface area (Å²) in [5.41, 5.74) is 3.06. The molecule has 0 saturated carbocycles. The predicted molar refractivity (Wildman–Crippen MR) is 113 cm³/mol. The Hall–Kier alpha value is -3.52. The fourth-order valence-electron chi connectivity index (χ4n) is 3.77. The molecule has 5 rings (SSSR count). The maximum absolute atomic E-state index is 13.1. The third kappa shape index (κ3) is 3.29. The summed E-state index contributed by atoms with van der Waals surface area (Å²) in [7, 11) is 0. The number of amides is 2. The number of fused-ring (bicyclic) bond motifs is 1. The van der Waals surface area contributed by atoms with E-state index in [0.29, 0.717) is 28.1 Å². The summed E-state index contributed by atoms with van der Waals surface area (Å²) in [6, 6.07) is 12.8. The van der Waals surface area contributed by atoms with Crippen molar-refractivity contribution in [1.82, 2.24) is 9.99 Å². The Balaban J connectivity index is 1.40. The van der Waals surface area contributed by atoms with Crippen molar-refractivity contribution in [2.24, 2.45) is 10.3 Å². The minimum atomic E-state index is -0.879. The Morgan fingerprint density at radius 1 is 1.06 bits per heavy atom. The number of aryl methyl sites for hydroxylation is 2. The highest BCUT2D eigenvalue weighted by atomic mass is 35.5. The van der Waals surface area contributed by atoms with Gasteiger partial charge in [-0.25, -0.2) is 9.88 Å². The van der Waals surface area contributed by atoms with Crippen LogP contribution in [0.15, 0.2) is 63.3 Å². The second kappa shape index (κ2) is 7.31. The zero-order chi connectivity index (χ0) is 21.7. The molecule has 156 valence electrons. The average Bonchev–Trinajstić information content (AvgIpc) is 3.39. The predicted octanol–water partition coefficient (Wildman–Crippen LogP) is 4.11. The van der Waals surface area contributed by atoms with Crippen molar-refractivity contribution in [2.45, 2.75) is 32.5 Å². The van der Waals surface area contributed by atoms with Gasteiger partial charge in [0, 0.05) is 10.6 Å². The van der Waals surface area contributed by atoms with E-state index in [1.807, 2.05) is 38.1 Å². The lowest BCUT2D eigenvalue weighted by molar-refractivity contribution is -0.123. The number of nitrogens with zero attached hydrogens (tertiary/aromatic N) is 5. The summed E-state index contributed by atoms with van der Waals surface area (Å²) in [5, 5.41) is 10.1. The number of carbonyl (C=O) groups is 2. The largest absolute Gasteiger partial charge is 0.441 e. The van der Waals surface area contributed by atoms with Crippen LogP contribution < -0.4 is 4.90 Å². The highest BCUT2D eigenvalue weighted by Gasteiger charge is 2.54. The van der Waals surface area contributed by atoms with Crippen molar-refractivity contribution in [3.63, 3.8) is 0 Å². The standard InChI is InChI=1S/C22H18ClN5O3/c1-12-6-8-14(9-7-12)20-24-17(13(2)31-20)11-27-19-18(25-26-27)21(29)28(22(19)30)16-5-3-4-15(23)10-16/h3-10,18-19H,11H2,1-2H3/t18-,19+/m0/s1. The first kappa shape index (κ1) is 19.4. The van der Waals surface area contributed by atoms with Gasteiger partial charge in [-0.2, -0.15) is 5.11 Å². The fourth-order valence-corrected chi connectivity index (χ4v) is 3.96. The Bertz CT molecular complexity index is 1220. The first-order valence-corrected chi connectivity index (χ1v) is 10.1. The molecule has 0 spiro atoms. The maximum Gasteiger partial charge on any atom is 0.263 e. The lowest BCUT2D eigenvalue weighted by Crippen LogP contribution is -2.39. The van der Waals surface area contributed by atoms with E-state index in [1.54, 1.807) is 24.3 Å². The molecule has 0 unspecified atom stereocenters. The quantitative estimate of drug-likeness (QED) is 0.575. The fraction of sp³-hybridized carbons (Fsp3) is 0.227. The van der Waals surface area contributed by atoms with Gasteiger partial charge in [-0.3, -0.25) is 14.6 Å². The number of rotatable bonds is 4. The van der Waals surface area contributed by atoms with E-state index in [1.165, 1.54) is 5.01 Å². The lowest BCUT2D eigenvalue weighted by Gasteiger charge is -2.20. The summed E-state index contributed by atoms with van der Waals surface area (Å²) in [5.74, 6) is 0.315. The molecule has 1 aromatic heterocycles. The highest BCUT2D eigenvalue weighted by Crippen LogP contribution is 2.34. The van der Waals surface area contributed by atoms with Gasteiger partial charge in [0.15, 0.2) is 12.1 Å². The van der Waals surface area contributed by atoms with Gasteiger partial charge in [-0.15, -0.1) is 0 Å². The molecule has 9 heteroatoms. The van der Waals surface area contributed by atoms with Crippen molar-refractivity contribution < 1.29 is 14.0 Å². The van der Waals surface area contributed by atoms with Gasteiger partial charge in [-0.05, 0) is 44.2 Å². The van der Waals surface area contributed by atoms with Crippen LogP contribution in [0.1, 0.15) is 17.0 Å². The molecular weight excluding hydrogens is 418 g/mol. The lowest BCUT2D eigenvalue weighted by atomic mass is 10.1. The van der Waals surface area contributed by atoms with Gasteiger partial charge in [0.1, 0.15) is 11.5 Å². The van der Waals surface area contributed by atoms with Gasteiger partial charge in [0.25, 0.3) is 11.8 Å². The number of hydrogen-bond acceptors (Lipinski definition) is 7. The van der Waals surface area contributed by atoms with Crippen molar-refractivity contribution >= 4 is 29.1 Å². The zero-order valence-electron chi connectivity index (χ0n) is 16.8. The number of halogens is 1. The molecule has 0 N–H and O–H groups in total. The molecule has 3 aromatic rings. The molecule has 2 atom stereocenters. The van der Waals surface area contributed by atoms with Crippen LogP contribution >= 0.6 is 11.6 Å². The molecule has 31 heavy (non-hydrogen) atoms. The molecule has 2 aromatic carbocycles. The topological polar surface area (TPSA) is 91.4 Å². The normalized spacial score (nSPS) is 20.1. The van der Waals surface area contributed by atoms with Crippen LogP contribution in [-0.2, 0) is 16.1 Å². The van der Waals surface area contributed by atoms with Crippen molar-refractivity contribution in [3.8, 4) is 11.5 Å². The van der Waals surface area contributed by atoms with Crippen molar-refractivity contribution in [2.75, 3.05) is 4.90 Å². The summed E-state index contributed by atoms with van der Waals surface area (Å²) in [4.78, 5) is 31.7. The van der Waals surface area contributed by atoms with Crippen LogP contribution in [0.2, 0.25) is 5.02 Å². The molecule has 2 aliphatic heterocycles. The molecule has 1 fully saturated rings. The SMILES string of the molecule is Cc1ccc(-c2nc(CN3N=N[C@@H]4C(=O)N(c5cccc(Cl)c5)C(=O)[C@@H]43)c(C)o2)cc1. The van der Waals surface area contributed by atoms with E-state index in [4.69, 9.17) is 16.0 Å². The van der Waals surface area contributed by atoms with Gasteiger partial charge in [0.2, 0.25) is 5.89 Å². The van der Waals surface area contributed by atoms with Crippen LogP contribution in [0.25, 0.3) is 11.5 Å². The van der Waals surface area contributed by atoms with Crippen molar-refractivity contribution in [1.29, 1.82) is 0 Å². The summed E-state index contributed by atoms with van der Waals surface area (Å²) < 4.78 is 5.83. The molecule has 3 heterocycles. The molecule has 8 nitrogen and oxygen atoms in total. The number of benzene rings is 2. The third-order valence-electron chi connectivity index (χ3n) is 5.43. The molecule has 2 aliphatic rings. The van der Waals surface area contributed by atoms with Gasteiger partial charge in [0.05, 0.1) is 12.2 Å². The van der Waals surface area contributed by atoms with Crippen LogP contribution in [0.4, 0.5) is 5.69 Å². The monoisotopic (exact) mass is 435 g/mol. The molecule has 2 amide bonds. The number of oxazole rings is 1. The minimum absolute atomic E-state index is 0.203. The Labute approximate surface area is 183 Å². The Morgan fingerprint density at radius 2 is 1.84 bits per heavy atom. The van der Waals surface area contributed by atoms with Gasteiger partial charge >= 0.3 is 0 Å². The first-order valence-electron chi connectivity index (χ1n) is 9.76. The zero-order valence-corrected chi connectivity index (χ0v) is 17.6. The minimum Gasteiger partial charge on any atom is -0.441 e. The van der Waals surface area contributed by atoms with Crippen LogP contribution in [0.5, 0.6) is 0 Å². The van der Waals surface area contributed by atoms with E-state index in [2.05, 4.69) is 15.3 Å². The average molecular weight is 436 g/mol. The number of hydrogen-bond donors (Lipinski definition) is 0. The maximum atomic E-state index is 13.1. The number of anilines is 1. The van der Waals surface area contributed by atoms with E-state index < -0.39 is 18.0 Å². The highest BCUT2D eigenvalue weighted by molar-refractivity contribution is 6.31. The number of carbonyl (C=O) groups excluding carboxylic acids is 2. The van der Waals surface area contributed by atoms with Gasteiger partial charge in [-0.1, -0.05) is 40.6 Å². The smallest absolute Gasteiger partial charge is 0.263 e. The summed E-state index contributed by atoms with van der Waals surface area (Å²) >= 11 is 6.03. The number of imide groups is 1. The van der Waals surface area contributed by atoms with E-state index in [9.17, 15) is 9.59 Å². The Morgan fingerprint density at radius 3 is 2.58 bits per heavy atom. The first-order chi connectivity index (χ1) is 14.9. The van der Waals surface area contributed by atoms with Crippen LogP contribution in [-0.4, -0.2) is 33.9 Å².